The second-order valence-corrected chi connectivity index (χ2v) is 6.37. The summed E-state index contributed by atoms with van der Waals surface area (Å²) in [5.74, 6) is -0.987. The maximum Gasteiger partial charge on any atom is 0.408 e. The predicted octanol–water partition coefficient (Wildman–Crippen LogP) is 3.88. The number of rotatable bonds is 4. The van der Waals surface area contributed by atoms with Gasteiger partial charge >= 0.3 is 12.1 Å². The second-order valence-electron chi connectivity index (χ2n) is 6.37. The summed E-state index contributed by atoms with van der Waals surface area (Å²) in [5, 5.41) is 13.7. The average Bonchev–Trinajstić information content (AvgIpc) is 2.43. The van der Waals surface area contributed by atoms with Crippen molar-refractivity contribution in [2.75, 3.05) is 0 Å². The third kappa shape index (κ3) is 4.71. The van der Waals surface area contributed by atoms with Crippen molar-refractivity contribution in [3.05, 3.63) is 48.0 Å². The van der Waals surface area contributed by atoms with E-state index in [-0.39, 0.29) is 6.42 Å². The molecule has 5 nitrogen and oxygen atoms in total. The van der Waals surface area contributed by atoms with Gasteiger partial charge in [-0.2, -0.15) is 0 Å². The summed E-state index contributed by atoms with van der Waals surface area (Å²) in [7, 11) is 0. The second kappa shape index (κ2) is 6.69. The van der Waals surface area contributed by atoms with Crippen molar-refractivity contribution in [1.82, 2.24) is 5.32 Å². The molecule has 0 aromatic heterocycles. The van der Waals surface area contributed by atoms with Crippen LogP contribution in [0.4, 0.5) is 4.79 Å². The molecule has 0 radical (unpaired) electrons. The van der Waals surface area contributed by atoms with Crippen LogP contribution in [0, 0.1) is 0 Å². The number of benzene rings is 2. The van der Waals surface area contributed by atoms with Gasteiger partial charge in [-0.15, -0.1) is 0 Å². The third-order valence-electron chi connectivity index (χ3n) is 3.27. The number of carboxylic acids is 1. The highest BCUT2D eigenvalue weighted by atomic mass is 16.6. The zero-order chi connectivity index (χ0) is 17.0. The van der Waals surface area contributed by atoms with Crippen LogP contribution >= 0.6 is 0 Å². The summed E-state index contributed by atoms with van der Waals surface area (Å²) in [6.07, 6.45) is -0.843. The number of ether oxygens (including phenoxy) is 1. The molecular weight excluding hydrogens is 294 g/mol. The molecule has 0 bridgehead atoms. The van der Waals surface area contributed by atoms with Crippen molar-refractivity contribution in [2.45, 2.75) is 38.8 Å². The summed E-state index contributed by atoms with van der Waals surface area (Å²) in [6.45, 7) is 5.28. The van der Waals surface area contributed by atoms with Gasteiger partial charge in [-0.1, -0.05) is 42.5 Å². The van der Waals surface area contributed by atoms with Crippen LogP contribution in [-0.2, 0) is 9.53 Å². The van der Waals surface area contributed by atoms with E-state index in [2.05, 4.69) is 5.32 Å². The quantitative estimate of drug-likeness (QED) is 0.897. The van der Waals surface area contributed by atoms with Crippen molar-refractivity contribution in [3.8, 4) is 0 Å². The summed E-state index contributed by atoms with van der Waals surface area (Å²) in [5.41, 5.74) is 0.118. The summed E-state index contributed by atoms with van der Waals surface area (Å²) in [6, 6.07) is 12.6. The number of carboxylic acid groups (broad SMARTS) is 1. The predicted molar refractivity (Wildman–Crippen MR) is 88.3 cm³/mol. The largest absolute Gasteiger partial charge is 0.481 e. The number of nitrogens with one attached hydrogen (secondary N) is 1. The summed E-state index contributed by atoms with van der Waals surface area (Å²) >= 11 is 0. The van der Waals surface area contributed by atoms with Crippen LogP contribution in [0.25, 0.3) is 10.8 Å². The van der Waals surface area contributed by atoms with Crippen LogP contribution in [0.5, 0.6) is 0 Å². The van der Waals surface area contributed by atoms with Crippen molar-refractivity contribution in [2.24, 2.45) is 0 Å². The first-order valence-corrected chi connectivity index (χ1v) is 7.45. The van der Waals surface area contributed by atoms with Gasteiger partial charge in [0.1, 0.15) is 5.60 Å². The number of carbonyl (C=O) groups excluding carboxylic acids is 1. The summed E-state index contributed by atoms with van der Waals surface area (Å²) < 4.78 is 5.24. The number of amides is 1. The van der Waals surface area contributed by atoms with E-state index in [1.54, 1.807) is 20.8 Å². The molecule has 2 aromatic rings. The highest BCUT2D eigenvalue weighted by Crippen LogP contribution is 2.26. The molecule has 0 heterocycles. The maximum atomic E-state index is 12.0. The molecular formula is C18H21NO4. The minimum absolute atomic E-state index is 0.215. The summed E-state index contributed by atoms with van der Waals surface area (Å²) in [4.78, 5) is 23.2. The molecule has 0 aliphatic rings. The number of fused-ring (bicyclic) bond motifs is 1. The van der Waals surface area contributed by atoms with Crippen LogP contribution in [-0.4, -0.2) is 22.8 Å². The van der Waals surface area contributed by atoms with Crippen LogP contribution in [0.1, 0.15) is 38.8 Å². The van der Waals surface area contributed by atoms with Gasteiger partial charge < -0.3 is 15.2 Å². The first kappa shape index (κ1) is 16.8. The Balaban J connectivity index is 2.34. The van der Waals surface area contributed by atoms with E-state index in [9.17, 15) is 14.7 Å². The number of hydrogen-bond donors (Lipinski definition) is 2. The van der Waals surface area contributed by atoms with Gasteiger partial charge in [-0.3, -0.25) is 4.79 Å². The highest BCUT2D eigenvalue weighted by Gasteiger charge is 2.23. The molecule has 0 aliphatic carbocycles. The van der Waals surface area contributed by atoms with Crippen molar-refractivity contribution in [3.63, 3.8) is 0 Å². The molecule has 0 aliphatic heterocycles. The molecule has 2 rings (SSSR count). The minimum Gasteiger partial charge on any atom is -0.481 e. The monoisotopic (exact) mass is 315 g/mol. The number of hydrogen-bond acceptors (Lipinski definition) is 3. The van der Waals surface area contributed by atoms with E-state index in [1.807, 2.05) is 42.5 Å². The van der Waals surface area contributed by atoms with Gasteiger partial charge in [-0.05, 0) is 37.1 Å². The highest BCUT2D eigenvalue weighted by molar-refractivity contribution is 5.87. The Morgan fingerprint density at radius 1 is 1.13 bits per heavy atom. The number of alkyl carbamates (subject to hydrolysis) is 1. The molecule has 1 atom stereocenters. The van der Waals surface area contributed by atoms with Crippen molar-refractivity contribution >= 4 is 22.8 Å². The van der Waals surface area contributed by atoms with E-state index in [1.165, 1.54) is 0 Å². The Bertz CT molecular complexity index is 713. The molecule has 2 aromatic carbocycles. The van der Waals surface area contributed by atoms with Crippen LogP contribution in [0.2, 0.25) is 0 Å². The van der Waals surface area contributed by atoms with Gasteiger partial charge in [0, 0.05) is 0 Å². The normalized spacial score (nSPS) is 12.7. The van der Waals surface area contributed by atoms with Gasteiger partial charge in [-0.25, -0.2) is 4.79 Å². The molecule has 2 N–H and O–H groups in total. The Labute approximate surface area is 135 Å². The van der Waals surface area contributed by atoms with Crippen LogP contribution < -0.4 is 5.32 Å². The third-order valence-corrected chi connectivity index (χ3v) is 3.27. The van der Waals surface area contributed by atoms with Gasteiger partial charge in [0.15, 0.2) is 0 Å². The average molecular weight is 315 g/mol. The van der Waals surface area contributed by atoms with E-state index in [0.717, 1.165) is 16.3 Å². The Hall–Kier alpha value is -2.56. The SMILES string of the molecule is CC(C)(C)OC(=O)N[C@@H](CC(=O)O)c1cccc2ccccc12. The fourth-order valence-electron chi connectivity index (χ4n) is 2.42. The van der Waals surface area contributed by atoms with Crippen LogP contribution in [0.3, 0.4) is 0 Å². The minimum atomic E-state index is -0.987. The molecule has 122 valence electrons. The van der Waals surface area contributed by atoms with Crippen LogP contribution in [0.15, 0.2) is 42.5 Å². The molecule has 0 saturated carbocycles. The molecule has 5 heteroatoms. The molecule has 0 saturated heterocycles. The molecule has 0 unspecified atom stereocenters. The fourth-order valence-corrected chi connectivity index (χ4v) is 2.42. The standard InChI is InChI=1S/C18H21NO4/c1-18(2,3)23-17(22)19-15(11-16(20)21)14-10-6-8-12-7-4-5-9-13(12)14/h4-10,15H,11H2,1-3H3,(H,19,22)(H,20,21)/t15-/m0/s1. The molecule has 0 fully saturated rings. The lowest BCUT2D eigenvalue weighted by Gasteiger charge is -2.24. The maximum absolute atomic E-state index is 12.0. The number of carbonyl (C=O) groups is 2. The lowest BCUT2D eigenvalue weighted by Crippen LogP contribution is -2.35. The lowest BCUT2D eigenvalue weighted by atomic mass is 9.97. The van der Waals surface area contributed by atoms with Crippen molar-refractivity contribution in [1.29, 1.82) is 0 Å². The number of aliphatic carboxylic acids is 1. The Kier molecular flexibility index (Phi) is 4.89. The first-order valence-electron chi connectivity index (χ1n) is 7.45. The zero-order valence-corrected chi connectivity index (χ0v) is 13.5. The van der Waals surface area contributed by atoms with E-state index < -0.39 is 23.7 Å². The zero-order valence-electron chi connectivity index (χ0n) is 13.5. The van der Waals surface area contributed by atoms with E-state index >= 15 is 0 Å². The van der Waals surface area contributed by atoms with Gasteiger partial charge in [0.05, 0.1) is 12.5 Å². The Morgan fingerprint density at radius 2 is 1.78 bits per heavy atom. The molecule has 0 spiro atoms. The fraction of sp³-hybridized carbons (Fsp3) is 0.333. The van der Waals surface area contributed by atoms with Gasteiger partial charge in [0.2, 0.25) is 0 Å². The molecule has 23 heavy (non-hydrogen) atoms. The Morgan fingerprint density at radius 3 is 2.43 bits per heavy atom. The van der Waals surface area contributed by atoms with Crippen molar-refractivity contribution < 1.29 is 19.4 Å². The smallest absolute Gasteiger partial charge is 0.408 e. The first-order chi connectivity index (χ1) is 10.8. The lowest BCUT2D eigenvalue weighted by molar-refractivity contribution is -0.137. The van der Waals surface area contributed by atoms with Gasteiger partial charge in [0.25, 0.3) is 0 Å². The van der Waals surface area contributed by atoms with E-state index in [4.69, 9.17) is 4.74 Å². The topological polar surface area (TPSA) is 75.6 Å². The molecule has 1 amide bonds. The van der Waals surface area contributed by atoms with E-state index in [0.29, 0.717) is 0 Å².